The van der Waals surface area contributed by atoms with Crippen LogP contribution in [0.2, 0.25) is 0 Å². The first-order chi connectivity index (χ1) is 7.24. The highest BCUT2D eigenvalue weighted by Gasteiger charge is 2.17. The molecule has 0 fully saturated rings. The number of aromatic nitrogens is 2. The number of nitrogens with two attached hydrogens (primary N) is 1. The first-order valence-corrected chi connectivity index (χ1v) is 4.39. The Kier molecular flexibility index (Phi) is 2.42. The second-order valence-corrected chi connectivity index (χ2v) is 3.01. The highest BCUT2D eigenvalue weighted by Crippen LogP contribution is 2.25. The standard InChI is InChI=1S/C9H10FN3O2/c10-7-8(6-1-4-15-5-6)12-13(2-3-14)9(7)11/h1,4-5,14H,2-3,11H2. The SMILES string of the molecule is Nc1c(F)c(-c2ccoc2)nn1CCO. The van der Waals surface area contributed by atoms with Crippen LogP contribution in [0.3, 0.4) is 0 Å². The van der Waals surface area contributed by atoms with E-state index in [0.717, 1.165) is 0 Å². The maximum atomic E-state index is 13.6. The molecule has 0 saturated heterocycles. The third kappa shape index (κ3) is 1.59. The number of hydrogen-bond acceptors (Lipinski definition) is 4. The summed E-state index contributed by atoms with van der Waals surface area (Å²) in [4.78, 5) is 0. The summed E-state index contributed by atoms with van der Waals surface area (Å²) < 4.78 is 19.6. The lowest BCUT2D eigenvalue weighted by Gasteiger charge is -1.98. The van der Waals surface area contributed by atoms with Crippen LogP contribution in [-0.4, -0.2) is 21.5 Å². The zero-order chi connectivity index (χ0) is 10.8. The lowest BCUT2D eigenvalue weighted by molar-refractivity contribution is 0.270. The van der Waals surface area contributed by atoms with E-state index in [0.29, 0.717) is 5.56 Å². The van der Waals surface area contributed by atoms with Crippen LogP contribution in [0.15, 0.2) is 23.0 Å². The molecule has 0 bridgehead atoms. The van der Waals surface area contributed by atoms with Gasteiger partial charge in [-0.3, -0.25) is 0 Å². The van der Waals surface area contributed by atoms with E-state index in [1.807, 2.05) is 0 Å². The first-order valence-electron chi connectivity index (χ1n) is 4.39. The molecule has 0 unspecified atom stereocenters. The molecule has 2 aromatic rings. The summed E-state index contributed by atoms with van der Waals surface area (Å²) in [5, 5.41) is 12.7. The van der Waals surface area contributed by atoms with Crippen molar-refractivity contribution in [3.63, 3.8) is 0 Å². The zero-order valence-electron chi connectivity index (χ0n) is 7.85. The van der Waals surface area contributed by atoms with Gasteiger partial charge in [-0.2, -0.15) is 5.10 Å². The van der Waals surface area contributed by atoms with Crippen molar-refractivity contribution in [2.24, 2.45) is 0 Å². The summed E-state index contributed by atoms with van der Waals surface area (Å²) in [6.45, 7) is 0.0246. The van der Waals surface area contributed by atoms with E-state index in [1.54, 1.807) is 6.07 Å². The average molecular weight is 211 g/mol. The molecule has 5 nitrogen and oxygen atoms in total. The highest BCUT2D eigenvalue weighted by atomic mass is 19.1. The predicted octanol–water partition coefficient (Wildman–Crippen LogP) is 0.857. The van der Waals surface area contributed by atoms with Gasteiger partial charge in [-0.1, -0.05) is 0 Å². The largest absolute Gasteiger partial charge is 0.472 e. The fourth-order valence-corrected chi connectivity index (χ4v) is 1.30. The lowest BCUT2D eigenvalue weighted by Crippen LogP contribution is -2.07. The van der Waals surface area contributed by atoms with Crippen molar-refractivity contribution >= 4 is 5.82 Å². The molecule has 0 radical (unpaired) electrons. The molecule has 0 aromatic carbocycles. The molecule has 15 heavy (non-hydrogen) atoms. The van der Waals surface area contributed by atoms with Crippen molar-refractivity contribution < 1.29 is 13.9 Å². The molecule has 0 aliphatic heterocycles. The van der Waals surface area contributed by atoms with E-state index < -0.39 is 5.82 Å². The number of halogens is 1. The van der Waals surface area contributed by atoms with Crippen molar-refractivity contribution in [2.75, 3.05) is 12.3 Å². The number of nitrogens with zero attached hydrogens (tertiary/aromatic N) is 2. The van der Waals surface area contributed by atoms with Crippen molar-refractivity contribution in [1.29, 1.82) is 0 Å². The van der Waals surface area contributed by atoms with Gasteiger partial charge in [-0.15, -0.1) is 0 Å². The van der Waals surface area contributed by atoms with Gasteiger partial charge in [0.15, 0.2) is 11.6 Å². The summed E-state index contributed by atoms with van der Waals surface area (Å²) in [6, 6.07) is 1.59. The molecular weight excluding hydrogens is 201 g/mol. The van der Waals surface area contributed by atoms with Crippen molar-refractivity contribution in [3.05, 3.63) is 24.4 Å². The van der Waals surface area contributed by atoms with Gasteiger partial charge in [-0.05, 0) is 6.07 Å². The lowest BCUT2D eigenvalue weighted by atomic mass is 10.2. The van der Waals surface area contributed by atoms with Crippen molar-refractivity contribution in [2.45, 2.75) is 6.54 Å². The molecule has 0 spiro atoms. The normalized spacial score (nSPS) is 10.8. The summed E-state index contributed by atoms with van der Waals surface area (Å²) >= 11 is 0. The van der Waals surface area contributed by atoms with Crippen LogP contribution in [0.25, 0.3) is 11.3 Å². The van der Waals surface area contributed by atoms with Gasteiger partial charge in [0.05, 0.1) is 25.7 Å². The number of aliphatic hydroxyl groups is 1. The fourth-order valence-electron chi connectivity index (χ4n) is 1.30. The topological polar surface area (TPSA) is 77.2 Å². The third-order valence-corrected chi connectivity index (χ3v) is 2.04. The number of rotatable bonds is 3. The molecule has 0 aliphatic carbocycles. The minimum Gasteiger partial charge on any atom is -0.472 e. The van der Waals surface area contributed by atoms with Gasteiger partial charge in [-0.25, -0.2) is 9.07 Å². The Labute approximate surface area is 84.9 Å². The van der Waals surface area contributed by atoms with E-state index >= 15 is 0 Å². The molecule has 3 N–H and O–H groups in total. The Bertz CT molecular complexity index is 450. The predicted molar refractivity (Wildman–Crippen MR) is 51.4 cm³/mol. The second kappa shape index (κ2) is 3.74. The van der Waals surface area contributed by atoms with E-state index in [4.69, 9.17) is 15.3 Å². The molecule has 0 saturated carbocycles. The van der Waals surface area contributed by atoms with E-state index in [1.165, 1.54) is 17.2 Å². The molecule has 2 rings (SSSR count). The maximum absolute atomic E-state index is 13.6. The fraction of sp³-hybridized carbons (Fsp3) is 0.222. The quantitative estimate of drug-likeness (QED) is 0.789. The monoisotopic (exact) mass is 211 g/mol. The number of nitrogen functional groups attached to an aromatic ring is 1. The van der Waals surface area contributed by atoms with E-state index in [2.05, 4.69) is 5.10 Å². The number of hydrogen-bond donors (Lipinski definition) is 2. The van der Waals surface area contributed by atoms with Crippen LogP contribution in [0.5, 0.6) is 0 Å². The van der Waals surface area contributed by atoms with Crippen LogP contribution < -0.4 is 5.73 Å². The first kappa shape index (κ1) is 9.72. The summed E-state index contributed by atoms with van der Waals surface area (Å²) in [6.07, 6.45) is 2.81. The summed E-state index contributed by atoms with van der Waals surface area (Å²) in [5.41, 5.74) is 6.14. The summed E-state index contributed by atoms with van der Waals surface area (Å²) in [5.74, 6) is -0.676. The van der Waals surface area contributed by atoms with Crippen molar-refractivity contribution in [1.82, 2.24) is 9.78 Å². The van der Waals surface area contributed by atoms with Crippen molar-refractivity contribution in [3.8, 4) is 11.3 Å². The average Bonchev–Trinajstić information content (AvgIpc) is 2.82. The van der Waals surface area contributed by atoms with Crippen LogP contribution in [0.4, 0.5) is 10.2 Å². The van der Waals surface area contributed by atoms with Gasteiger partial charge in [0.2, 0.25) is 0 Å². The molecule has 0 amide bonds. The Morgan fingerprint density at radius 2 is 2.40 bits per heavy atom. The Hall–Kier alpha value is -1.82. The Morgan fingerprint density at radius 1 is 1.60 bits per heavy atom. The zero-order valence-corrected chi connectivity index (χ0v) is 7.85. The molecular formula is C9H10FN3O2. The number of aliphatic hydroxyl groups excluding tert-OH is 1. The minimum atomic E-state index is -0.593. The van der Waals surface area contributed by atoms with Crippen LogP contribution in [-0.2, 0) is 6.54 Å². The van der Waals surface area contributed by atoms with Gasteiger partial charge < -0.3 is 15.3 Å². The smallest absolute Gasteiger partial charge is 0.192 e. The van der Waals surface area contributed by atoms with E-state index in [-0.39, 0.29) is 24.7 Å². The molecule has 0 atom stereocenters. The Balaban J connectivity index is 2.45. The molecule has 2 heterocycles. The third-order valence-electron chi connectivity index (χ3n) is 2.04. The Morgan fingerprint density at radius 3 is 3.00 bits per heavy atom. The molecule has 2 aromatic heterocycles. The highest BCUT2D eigenvalue weighted by molar-refractivity contribution is 5.62. The second-order valence-electron chi connectivity index (χ2n) is 3.01. The number of anilines is 1. The molecule has 80 valence electrons. The van der Waals surface area contributed by atoms with Crippen LogP contribution in [0, 0.1) is 5.82 Å². The van der Waals surface area contributed by atoms with Crippen LogP contribution in [0.1, 0.15) is 0 Å². The summed E-state index contributed by atoms with van der Waals surface area (Å²) in [7, 11) is 0. The number of furan rings is 1. The van der Waals surface area contributed by atoms with Crippen LogP contribution >= 0.6 is 0 Å². The maximum Gasteiger partial charge on any atom is 0.192 e. The van der Waals surface area contributed by atoms with Gasteiger partial charge >= 0.3 is 0 Å². The van der Waals surface area contributed by atoms with Gasteiger partial charge in [0, 0.05) is 5.56 Å². The van der Waals surface area contributed by atoms with Gasteiger partial charge in [0.25, 0.3) is 0 Å². The molecule has 6 heteroatoms. The minimum absolute atomic E-state index is 0.0831. The molecule has 0 aliphatic rings. The van der Waals surface area contributed by atoms with E-state index in [9.17, 15) is 4.39 Å². The van der Waals surface area contributed by atoms with Gasteiger partial charge in [0.1, 0.15) is 5.69 Å².